The molecule has 0 radical (unpaired) electrons. The van der Waals surface area contributed by atoms with Gasteiger partial charge in [0.15, 0.2) is 5.60 Å². The fourth-order valence-corrected chi connectivity index (χ4v) is 6.76. The van der Waals surface area contributed by atoms with Crippen LogP contribution in [0.1, 0.15) is 47.2 Å². The van der Waals surface area contributed by atoms with Crippen molar-refractivity contribution in [1.82, 2.24) is 0 Å². The first-order valence-corrected chi connectivity index (χ1v) is 12.8. The molecule has 0 aromatic heterocycles. The Labute approximate surface area is 216 Å². The van der Waals surface area contributed by atoms with E-state index in [-0.39, 0.29) is 11.2 Å². The Bertz CT molecular complexity index is 1690. The maximum Gasteiger partial charge on any atom is 0.178 e. The highest BCUT2D eigenvalue weighted by Gasteiger charge is 2.44. The monoisotopic (exact) mass is 482 g/mol. The van der Waals surface area contributed by atoms with Crippen molar-refractivity contribution in [3.8, 4) is 16.9 Å². The third kappa shape index (κ3) is 2.96. The highest BCUT2D eigenvalue weighted by molar-refractivity contribution is 6.08. The number of ether oxygens (including phenoxy) is 1. The van der Waals surface area contributed by atoms with E-state index in [1.807, 2.05) is 19.1 Å². The first-order chi connectivity index (χ1) is 17.9. The molecule has 0 spiro atoms. The fraction of sp³-hybridized carbons (Fsp3) is 0.143. The summed E-state index contributed by atoms with van der Waals surface area (Å²) >= 11 is 0. The van der Waals surface area contributed by atoms with E-state index in [9.17, 15) is 4.39 Å². The second kappa shape index (κ2) is 7.66. The molecule has 0 atom stereocenters. The minimum absolute atomic E-state index is 0.194. The topological polar surface area (TPSA) is 9.23 Å². The van der Waals surface area contributed by atoms with E-state index in [2.05, 4.69) is 98.8 Å². The van der Waals surface area contributed by atoms with Crippen molar-refractivity contribution in [1.29, 1.82) is 0 Å². The van der Waals surface area contributed by atoms with Crippen LogP contribution in [0.5, 0.6) is 5.75 Å². The molecule has 5 aromatic rings. The van der Waals surface area contributed by atoms with Crippen LogP contribution < -0.4 is 4.74 Å². The Morgan fingerprint density at radius 2 is 1.30 bits per heavy atom. The van der Waals surface area contributed by atoms with Crippen LogP contribution in [0.25, 0.3) is 28.0 Å². The van der Waals surface area contributed by atoms with Gasteiger partial charge < -0.3 is 4.74 Å². The third-order valence-corrected chi connectivity index (χ3v) is 8.18. The second-order valence-corrected chi connectivity index (χ2v) is 10.7. The van der Waals surface area contributed by atoms with Gasteiger partial charge in [0.05, 0.1) is 0 Å². The van der Waals surface area contributed by atoms with E-state index in [0.717, 1.165) is 49.9 Å². The molecule has 0 fully saturated rings. The predicted molar refractivity (Wildman–Crippen MR) is 150 cm³/mol. The van der Waals surface area contributed by atoms with Gasteiger partial charge in [-0.15, -0.1) is 0 Å². The van der Waals surface area contributed by atoms with Gasteiger partial charge in [-0.2, -0.15) is 0 Å². The molecule has 0 unspecified atom stereocenters. The van der Waals surface area contributed by atoms with Gasteiger partial charge in [-0.3, -0.25) is 0 Å². The minimum Gasteiger partial charge on any atom is -0.472 e. The van der Waals surface area contributed by atoms with Crippen molar-refractivity contribution in [3.63, 3.8) is 0 Å². The summed E-state index contributed by atoms with van der Waals surface area (Å²) in [5.74, 6) is 0.684. The summed E-state index contributed by atoms with van der Waals surface area (Å²) in [6.07, 6.45) is 4.44. The molecule has 2 aliphatic rings. The summed E-state index contributed by atoms with van der Waals surface area (Å²) in [6.45, 7) is 6.52. The van der Waals surface area contributed by atoms with Crippen molar-refractivity contribution in [2.45, 2.75) is 31.8 Å². The van der Waals surface area contributed by atoms with Gasteiger partial charge in [0.2, 0.25) is 0 Å². The molecular weight excluding hydrogens is 455 g/mol. The first-order valence-electron chi connectivity index (χ1n) is 12.8. The van der Waals surface area contributed by atoms with Gasteiger partial charge >= 0.3 is 0 Å². The quantitative estimate of drug-likeness (QED) is 0.244. The van der Waals surface area contributed by atoms with Crippen LogP contribution in [-0.2, 0) is 11.0 Å². The van der Waals surface area contributed by atoms with Crippen LogP contribution in [0.2, 0.25) is 0 Å². The molecule has 180 valence electrons. The number of hydrogen-bond donors (Lipinski definition) is 0. The molecule has 5 aromatic carbocycles. The minimum atomic E-state index is -0.760. The predicted octanol–water partition coefficient (Wildman–Crippen LogP) is 8.94. The molecule has 7 rings (SSSR count). The van der Waals surface area contributed by atoms with Crippen molar-refractivity contribution in [2.75, 3.05) is 0 Å². The van der Waals surface area contributed by atoms with Crippen LogP contribution >= 0.6 is 0 Å². The van der Waals surface area contributed by atoms with E-state index in [1.54, 1.807) is 12.1 Å². The van der Waals surface area contributed by atoms with Crippen LogP contribution in [0.4, 0.5) is 4.39 Å². The maximum atomic E-state index is 14.7. The molecule has 37 heavy (non-hydrogen) atoms. The number of fused-ring (bicyclic) bond motifs is 8. The maximum absolute atomic E-state index is 14.7. The number of halogens is 1. The Morgan fingerprint density at radius 1 is 0.703 bits per heavy atom. The summed E-state index contributed by atoms with van der Waals surface area (Å²) in [7, 11) is 0. The molecule has 0 saturated carbocycles. The second-order valence-electron chi connectivity index (χ2n) is 10.7. The number of rotatable bonds is 2. The van der Waals surface area contributed by atoms with E-state index in [4.69, 9.17) is 4.74 Å². The SMILES string of the molecule is Cc1cc(F)cc2c1C(C)(C)c1c3c(c4ccccc4c1-2)OC(c1ccccc1)(c1ccccc1)C=C3. The standard InChI is InChI=1S/C35H27FO/c1-22-20-25(36)21-29-30-26-16-10-11-17-27(26)33-28(32(30)34(2,3)31(22)29)18-19-35(37-33,23-12-6-4-7-13-23)24-14-8-5-9-15-24/h4-21H,1-3H3. The molecule has 1 nitrogen and oxygen atoms in total. The third-order valence-electron chi connectivity index (χ3n) is 8.18. The number of hydrogen-bond acceptors (Lipinski definition) is 1. The molecule has 1 aliphatic heterocycles. The van der Waals surface area contributed by atoms with Crippen LogP contribution in [0.3, 0.4) is 0 Å². The van der Waals surface area contributed by atoms with Crippen LogP contribution in [0, 0.1) is 12.7 Å². The Kier molecular flexibility index (Phi) is 4.57. The van der Waals surface area contributed by atoms with Crippen molar-refractivity contribution < 1.29 is 9.13 Å². The smallest absolute Gasteiger partial charge is 0.178 e. The summed E-state index contributed by atoms with van der Waals surface area (Å²) in [5, 5.41) is 2.14. The fourth-order valence-electron chi connectivity index (χ4n) is 6.76. The molecule has 1 aliphatic carbocycles. The van der Waals surface area contributed by atoms with Gasteiger partial charge in [-0.05, 0) is 58.3 Å². The zero-order valence-electron chi connectivity index (χ0n) is 21.2. The summed E-state index contributed by atoms with van der Waals surface area (Å²) in [4.78, 5) is 0. The van der Waals surface area contributed by atoms with E-state index < -0.39 is 5.60 Å². The van der Waals surface area contributed by atoms with Crippen molar-refractivity contribution in [3.05, 3.63) is 142 Å². The lowest BCUT2D eigenvalue weighted by Gasteiger charge is -2.38. The van der Waals surface area contributed by atoms with Crippen LogP contribution in [-0.4, -0.2) is 0 Å². The van der Waals surface area contributed by atoms with E-state index >= 15 is 0 Å². The van der Waals surface area contributed by atoms with E-state index in [1.165, 1.54) is 11.1 Å². The summed E-state index contributed by atoms with van der Waals surface area (Å²) in [6, 6.07) is 32.6. The Morgan fingerprint density at radius 3 is 1.95 bits per heavy atom. The molecule has 0 saturated heterocycles. The van der Waals surface area contributed by atoms with Crippen LogP contribution in [0.15, 0.2) is 103 Å². The Hall–Kier alpha value is -4.17. The lowest BCUT2D eigenvalue weighted by Crippen LogP contribution is -2.35. The molecule has 1 heterocycles. The lowest BCUT2D eigenvalue weighted by atomic mass is 9.76. The van der Waals surface area contributed by atoms with Gasteiger partial charge in [-0.25, -0.2) is 4.39 Å². The summed E-state index contributed by atoms with van der Waals surface area (Å²) < 4.78 is 22.0. The largest absolute Gasteiger partial charge is 0.472 e. The van der Waals surface area contributed by atoms with Crippen molar-refractivity contribution >= 4 is 16.8 Å². The molecule has 0 bridgehead atoms. The molecule has 0 amide bonds. The van der Waals surface area contributed by atoms with Gasteiger partial charge in [-0.1, -0.05) is 105 Å². The average molecular weight is 483 g/mol. The lowest BCUT2D eigenvalue weighted by molar-refractivity contribution is 0.163. The normalized spacial score (nSPS) is 16.1. The highest BCUT2D eigenvalue weighted by Crippen LogP contribution is 2.58. The van der Waals surface area contributed by atoms with E-state index in [0.29, 0.717) is 0 Å². The number of benzene rings is 5. The van der Waals surface area contributed by atoms with Gasteiger partial charge in [0.25, 0.3) is 0 Å². The molecule has 0 N–H and O–H groups in total. The number of aryl methyl sites for hydroxylation is 1. The van der Waals surface area contributed by atoms with Gasteiger partial charge in [0, 0.05) is 27.5 Å². The first kappa shape index (κ1) is 22.1. The average Bonchev–Trinajstić information content (AvgIpc) is 3.16. The molecule has 2 heteroatoms. The highest BCUT2D eigenvalue weighted by atomic mass is 19.1. The van der Waals surface area contributed by atoms with Crippen molar-refractivity contribution in [2.24, 2.45) is 0 Å². The zero-order valence-corrected chi connectivity index (χ0v) is 21.2. The zero-order chi connectivity index (χ0) is 25.4. The summed E-state index contributed by atoms with van der Waals surface area (Å²) in [5.41, 5.74) is 7.67. The van der Waals surface area contributed by atoms with Gasteiger partial charge in [0.1, 0.15) is 11.6 Å². The molecular formula is C35H27FO. The Balaban J connectivity index is 1.58.